The number of hydrogen-bond donors (Lipinski definition) is 2. The molecule has 0 unspecified atom stereocenters. The quantitative estimate of drug-likeness (QED) is 0.624. The molecule has 4 heteroatoms. The Bertz CT molecular complexity index is 223. The van der Waals surface area contributed by atoms with Crippen molar-refractivity contribution in [3.05, 3.63) is 0 Å². The first-order valence-corrected chi connectivity index (χ1v) is 5.52. The number of nitrogens with one attached hydrogen (secondary N) is 1. The number of nitrogens with zero attached hydrogens (tertiary/aromatic N) is 1. The van der Waals surface area contributed by atoms with Gasteiger partial charge in [0.25, 0.3) is 0 Å². The fourth-order valence-electron chi connectivity index (χ4n) is 2.51. The maximum atomic E-state index is 11.7. The molecular formula is C10H19N3O. The molecule has 1 heterocycles. The summed E-state index contributed by atoms with van der Waals surface area (Å²) in [5, 5.41) is 3.07. The van der Waals surface area contributed by atoms with Crippen LogP contribution in [0.1, 0.15) is 32.1 Å². The number of nitrogens with two attached hydrogens (primary N) is 1. The summed E-state index contributed by atoms with van der Waals surface area (Å²) < 4.78 is 0. The van der Waals surface area contributed by atoms with E-state index in [1.54, 1.807) is 0 Å². The lowest BCUT2D eigenvalue weighted by Crippen LogP contribution is -2.64. The zero-order chi connectivity index (χ0) is 10.0. The first kappa shape index (κ1) is 9.93. The summed E-state index contributed by atoms with van der Waals surface area (Å²) in [5.74, 6) is 0.167. The Morgan fingerprint density at radius 2 is 2.00 bits per heavy atom. The van der Waals surface area contributed by atoms with Crippen LogP contribution >= 0.6 is 0 Å². The third kappa shape index (κ3) is 1.77. The maximum absolute atomic E-state index is 11.7. The second-order valence-electron chi connectivity index (χ2n) is 4.39. The minimum Gasteiger partial charge on any atom is -0.322 e. The summed E-state index contributed by atoms with van der Waals surface area (Å²) in [6.45, 7) is 2.11. The van der Waals surface area contributed by atoms with Crippen molar-refractivity contribution in [1.82, 2.24) is 10.2 Å². The lowest BCUT2D eigenvalue weighted by Gasteiger charge is -2.45. The van der Waals surface area contributed by atoms with Crippen LogP contribution in [0.15, 0.2) is 0 Å². The van der Waals surface area contributed by atoms with E-state index < -0.39 is 0 Å². The van der Waals surface area contributed by atoms with Gasteiger partial charge in [0.05, 0.1) is 12.2 Å². The second kappa shape index (κ2) is 3.87. The fraction of sp³-hybridized carbons (Fsp3) is 0.900. The molecular weight excluding hydrogens is 178 g/mol. The third-order valence-corrected chi connectivity index (χ3v) is 3.35. The minimum absolute atomic E-state index is 0.167. The highest BCUT2D eigenvalue weighted by Gasteiger charge is 2.37. The highest BCUT2D eigenvalue weighted by Crippen LogP contribution is 2.29. The van der Waals surface area contributed by atoms with Gasteiger partial charge >= 0.3 is 0 Å². The number of carbonyl (C=O) groups excluding carboxylic acids is 1. The molecule has 80 valence electrons. The summed E-state index contributed by atoms with van der Waals surface area (Å²) in [6.07, 6.45) is 5.53. The van der Waals surface area contributed by atoms with Crippen molar-refractivity contribution in [2.24, 2.45) is 5.73 Å². The van der Waals surface area contributed by atoms with Crippen molar-refractivity contribution < 1.29 is 4.79 Å². The van der Waals surface area contributed by atoms with Gasteiger partial charge in [0.15, 0.2) is 0 Å². The van der Waals surface area contributed by atoms with Gasteiger partial charge < -0.3 is 16.0 Å². The Morgan fingerprint density at radius 3 is 2.64 bits per heavy atom. The second-order valence-corrected chi connectivity index (χ2v) is 4.39. The van der Waals surface area contributed by atoms with E-state index in [4.69, 9.17) is 5.73 Å². The lowest BCUT2D eigenvalue weighted by atomic mass is 9.88. The highest BCUT2D eigenvalue weighted by atomic mass is 16.2. The van der Waals surface area contributed by atoms with E-state index in [9.17, 15) is 4.79 Å². The molecule has 3 N–H and O–H groups in total. The predicted molar refractivity (Wildman–Crippen MR) is 54.6 cm³/mol. The molecule has 0 aromatic carbocycles. The molecule has 1 saturated heterocycles. The van der Waals surface area contributed by atoms with Crippen molar-refractivity contribution in [2.75, 3.05) is 19.6 Å². The summed E-state index contributed by atoms with van der Waals surface area (Å²) in [5.41, 5.74) is 5.97. The fourth-order valence-corrected chi connectivity index (χ4v) is 2.51. The highest BCUT2D eigenvalue weighted by molar-refractivity contribution is 5.79. The standard InChI is InChI=1S/C10H19N3O/c11-10(4-2-1-3-5-10)13-7-6-12-8-9(13)14/h12H,1-8,11H2. The molecule has 0 aromatic rings. The van der Waals surface area contributed by atoms with Gasteiger partial charge in [-0.3, -0.25) is 4.79 Å². The van der Waals surface area contributed by atoms with Gasteiger partial charge in [-0.25, -0.2) is 0 Å². The summed E-state index contributed by atoms with van der Waals surface area (Å²) in [4.78, 5) is 13.6. The normalized spacial score (nSPS) is 27.8. The van der Waals surface area contributed by atoms with Crippen molar-refractivity contribution >= 4 is 5.91 Å². The maximum Gasteiger partial charge on any atom is 0.238 e. The molecule has 4 nitrogen and oxygen atoms in total. The zero-order valence-corrected chi connectivity index (χ0v) is 8.59. The van der Waals surface area contributed by atoms with Crippen molar-refractivity contribution in [3.63, 3.8) is 0 Å². The predicted octanol–water partition coefficient (Wildman–Crippen LogP) is 0.0373. The molecule has 0 radical (unpaired) electrons. The Balaban J connectivity index is 2.06. The van der Waals surface area contributed by atoms with E-state index in [0.29, 0.717) is 6.54 Å². The summed E-state index contributed by atoms with van der Waals surface area (Å²) in [6, 6.07) is 0. The first-order valence-electron chi connectivity index (χ1n) is 5.52. The SMILES string of the molecule is NC1(N2CCNCC2=O)CCCCC1. The van der Waals surface area contributed by atoms with E-state index >= 15 is 0 Å². The van der Waals surface area contributed by atoms with Crippen LogP contribution in [0.4, 0.5) is 0 Å². The van der Waals surface area contributed by atoms with Crippen molar-refractivity contribution in [2.45, 2.75) is 37.8 Å². The van der Waals surface area contributed by atoms with Gasteiger partial charge in [-0.1, -0.05) is 6.42 Å². The molecule has 1 saturated carbocycles. The number of carbonyl (C=O) groups is 1. The van der Waals surface area contributed by atoms with E-state index in [1.165, 1.54) is 6.42 Å². The Hall–Kier alpha value is -0.610. The number of piperazine rings is 1. The van der Waals surface area contributed by atoms with E-state index in [0.717, 1.165) is 38.8 Å². The van der Waals surface area contributed by atoms with Gasteiger partial charge in [0, 0.05) is 13.1 Å². The summed E-state index contributed by atoms with van der Waals surface area (Å²) >= 11 is 0. The van der Waals surface area contributed by atoms with Crippen molar-refractivity contribution in [1.29, 1.82) is 0 Å². The number of amides is 1. The van der Waals surface area contributed by atoms with E-state index in [1.807, 2.05) is 4.90 Å². The third-order valence-electron chi connectivity index (χ3n) is 3.35. The number of rotatable bonds is 1. The van der Waals surface area contributed by atoms with Gasteiger partial charge in [0.2, 0.25) is 5.91 Å². The van der Waals surface area contributed by atoms with E-state index in [2.05, 4.69) is 5.32 Å². The van der Waals surface area contributed by atoms with Crippen LogP contribution in [0.3, 0.4) is 0 Å². The van der Waals surface area contributed by atoms with Gasteiger partial charge in [-0.2, -0.15) is 0 Å². The van der Waals surface area contributed by atoms with Crippen LogP contribution in [0, 0.1) is 0 Å². The van der Waals surface area contributed by atoms with Gasteiger partial charge in [-0.15, -0.1) is 0 Å². The monoisotopic (exact) mass is 197 g/mol. The average molecular weight is 197 g/mol. The van der Waals surface area contributed by atoms with Crippen LogP contribution in [-0.4, -0.2) is 36.1 Å². The van der Waals surface area contributed by atoms with Crippen molar-refractivity contribution in [3.8, 4) is 0 Å². The lowest BCUT2D eigenvalue weighted by molar-refractivity contribution is -0.140. The van der Waals surface area contributed by atoms with Crippen LogP contribution in [0.5, 0.6) is 0 Å². The van der Waals surface area contributed by atoms with Gasteiger partial charge in [0.1, 0.15) is 0 Å². The van der Waals surface area contributed by atoms with Crippen LogP contribution in [0.2, 0.25) is 0 Å². The Labute approximate surface area is 84.8 Å². The molecule has 0 spiro atoms. The molecule has 14 heavy (non-hydrogen) atoms. The smallest absolute Gasteiger partial charge is 0.238 e. The Kier molecular flexibility index (Phi) is 2.74. The number of hydrogen-bond acceptors (Lipinski definition) is 3. The molecule has 1 aliphatic heterocycles. The molecule has 1 amide bonds. The van der Waals surface area contributed by atoms with Crippen LogP contribution < -0.4 is 11.1 Å². The zero-order valence-electron chi connectivity index (χ0n) is 8.59. The summed E-state index contributed by atoms with van der Waals surface area (Å²) in [7, 11) is 0. The molecule has 0 bridgehead atoms. The molecule has 0 aromatic heterocycles. The molecule has 2 fully saturated rings. The minimum atomic E-state index is -0.336. The molecule has 2 aliphatic rings. The van der Waals surface area contributed by atoms with Crippen LogP contribution in [0.25, 0.3) is 0 Å². The van der Waals surface area contributed by atoms with E-state index in [-0.39, 0.29) is 11.6 Å². The molecule has 0 atom stereocenters. The first-order chi connectivity index (χ1) is 6.72. The molecule has 1 aliphatic carbocycles. The largest absolute Gasteiger partial charge is 0.322 e. The average Bonchev–Trinajstić information content (AvgIpc) is 2.19. The topological polar surface area (TPSA) is 58.4 Å². The van der Waals surface area contributed by atoms with Gasteiger partial charge in [-0.05, 0) is 25.7 Å². The Morgan fingerprint density at radius 1 is 1.29 bits per heavy atom. The molecule has 2 rings (SSSR count). The van der Waals surface area contributed by atoms with Crippen LogP contribution in [-0.2, 0) is 4.79 Å².